The van der Waals surface area contributed by atoms with E-state index in [1.54, 1.807) is 26.8 Å². The number of carbonyl (C=O) groups is 2. The van der Waals surface area contributed by atoms with Gasteiger partial charge in [-0.25, -0.2) is 4.79 Å². The van der Waals surface area contributed by atoms with Crippen molar-refractivity contribution in [2.24, 2.45) is 0 Å². The number of halogens is 1. The highest BCUT2D eigenvalue weighted by atomic mass is 35.5. The maximum Gasteiger partial charge on any atom is 0.408 e. The molecule has 0 saturated carbocycles. The monoisotopic (exact) mass is 525 g/mol. The number of aliphatic hydroxyl groups is 1. The van der Waals surface area contributed by atoms with Gasteiger partial charge in [-0.3, -0.25) is 4.79 Å². The number of rotatable bonds is 9. The first-order valence-electron chi connectivity index (χ1n) is 11.9. The number of para-hydroxylation sites is 1. The summed E-state index contributed by atoms with van der Waals surface area (Å²) >= 11 is 6.41. The molecule has 1 amide bonds. The summed E-state index contributed by atoms with van der Waals surface area (Å²) in [6, 6.07) is 19.8. The molecular weight excluding hydrogens is 494 g/mol. The fourth-order valence-corrected chi connectivity index (χ4v) is 3.93. The van der Waals surface area contributed by atoms with Gasteiger partial charge in [0.1, 0.15) is 18.0 Å². The first kappa shape index (κ1) is 28.0. The fraction of sp³-hybridized carbons (Fsp3) is 0.310. The maximum atomic E-state index is 12.3. The quantitative estimate of drug-likeness (QED) is 0.340. The van der Waals surface area contributed by atoms with Crippen LogP contribution in [0, 0.1) is 0 Å². The van der Waals surface area contributed by atoms with E-state index in [4.69, 9.17) is 25.8 Å². The summed E-state index contributed by atoms with van der Waals surface area (Å²) in [6.45, 7) is 5.28. The van der Waals surface area contributed by atoms with Crippen molar-refractivity contribution in [3.8, 4) is 16.9 Å². The van der Waals surface area contributed by atoms with Crippen molar-refractivity contribution < 1.29 is 28.9 Å². The Kier molecular flexibility index (Phi) is 9.55. The zero-order valence-corrected chi connectivity index (χ0v) is 22.2. The number of alkyl carbamates (subject to hydrolysis) is 1. The van der Waals surface area contributed by atoms with E-state index in [1.807, 2.05) is 60.7 Å². The van der Waals surface area contributed by atoms with Crippen molar-refractivity contribution in [3.63, 3.8) is 0 Å². The minimum atomic E-state index is -0.690. The van der Waals surface area contributed by atoms with Gasteiger partial charge >= 0.3 is 12.1 Å². The van der Waals surface area contributed by atoms with Crippen LogP contribution in [-0.2, 0) is 27.3 Å². The van der Waals surface area contributed by atoms with Crippen LogP contribution in [0.25, 0.3) is 11.1 Å². The summed E-state index contributed by atoms with van der Waals surface area (Å²) < 4.78 is 16.1. The van der Waals surface area contributed by atoms with E-state index in [0.717, 1.165) is 22.3 Å². The molecule has 0 radical (unpaired) electrons. The van der Waals surface area contributed by atoms with E-state index in [1.165, 1.54) is 7.11 Å². The summed E-state index contributed by atoms with van der Waals surface area (Å²) in [4.78, 5) is 24.0. The zero-order chi connectivity index (χ0) is 27.0. The summed E-state index contributed by atoms with van der Waals surface area (Å²) in [7, 11) is 1.36. The lowest BCUT2D eigenvalue weighted by molar-refractivity contribution is -0.139. The lowest BCUT2D eigenvalue weighted by Gasteiger charge is -2.23. The Morgan fingerprint density at radius 2 is 1.76 bits per heavy atom. The van der Waals surface area contributed by atoms with Gasteiger partial charge in [-0.1, -0.05) is 48.0 Å². The first-order valence-corrected chi connectivity index (χ1v) is 12.2. The van der Waals surface area contributed by atoms with Crippen molar-refractivity contribution in [1.29, 1.82) is 0 Å². The van der Waals surface area contributed by atoms with Gasteiger partial charge in [-0.2, -0.15) is 0 Å². The smallest absolute Gasteiger partial charge is 0.408 e. The molecule has 3 aromatic carbocycles. The lowest BCUT2D eigenvalue weighted by atomic mass is 9.98. The van der Waals surface area contributed by atoms with Crippen LogP contribution >= 0.6 is 11.6 Å². The van der Waals surface area contributed by atoms with Gasteiger partial charge < -0.3 is 24.6 Å². The summed E-state index contributed by atoms with van der Waals surface area (Å²) in [5, 5.41) is 13.1. The van der Waals surface area contributed by atoms with E-state index in [0.29, 0.717) is 22.9 Å². The van der Waals surface area contributed by atoms with Gasteiger partial charge in [-0.15, -0.1) is 0 Å². The van der Waals surface area contributed by atoms with Crippen LogP contribution in [0.4, 0.5) is 4.79 Å². The molecule has 0 heterocycles. The molecule has 37 heavy (non-hydrogen) atoms. The Labute approximate surface area is 222 Å². The first-order chi connectivity index (χ1) is 17.6. The molecule has 0 aliphatic heterocycles. The third kappa shape index (κ3) is 8.51. The van der Waals surface area contributed by atoms with Crippen molar-refractivity contribution in [3.05, 3.63) is 88.4 Å². The number of aliphatic hydroxyl groups excluding tert-OH is 1. The number of benzene rings is 3. The largest absolute Gasteiger partial charge is 0.489 e. The summed E-state index contributed by atoms with van der Waals surface area (Å²) in [6.07, 6.45) is -0.499. The molecule has 196 valence electrons. The topological polar surface area (TPSA) is 94.1 Å². The molecule has 3 rings (SSSR count). The molecule has 0 aliphatic carbocycles. The summed E-state index contributed by atoms with van der Waals surface area (Å²) in [5.74, 6) is 0.277. The van der Waals surface area contributed by atoms with Gasteiger partial charge in [0.2, 0.25) is 0 Å². The second-order valence-electron chi connectivity index (χ2n) is 9.50. The number of esters is 1. The molecular formula is C29H32ClNO6. The third-order valence-corrected chi connectivity index (χ3v) is 5.60. The molecule has 0 saturated heterocycles. The SMILES string of the molecule is COC(=O)Cc1ccccc1OCc1cccc(-c2cc(Cl)cc(C(CO)NC(=O)OC(C)(C)C)c2)c1. The third-order valence-electron chi connectivity index (χ3n) is 5.39. The average Bonchev–Trinajstić information content (AvgIpc) is 2.85. The fourth-order valence-electron chi connectivity index (χ4n) is 3.68. The number of ether oxygens (including phenoxy) is 3. The Balaban J connectivity index is 1.79. The molecule has 1 atom stereocenters. The standard InChI is InChI=1S/C29H32ClNO6/c1-29(2,3)37-28(34)31-25(17-32)23-13-22(14-24(30)15-23)20-10-7-8-19(12-20)18-36-26-11-6-5-9-21(26)16-27(33)35-4/h5-15,25,32H,16-18H2,1-4H3,(H,31,34). The molecule has 0 fully saturated rings. The number of hydrogen-bond acceptors (Lipinski definition) is 6. The molecule has 0 aromatic heterocycles. The van der Waals surface area contributed by atoms with E-state index in [-0.39, 0.29) is 19.0 Å². The number of carbonyl (C=O) groups excluding carboxylic acids is 2. The Morgan fingerprint density at radius 1 is 1.00 bits per heavy atom. The van der Waals surface area contributed by atoms with Crippen molar-refractivity contribution in [1.82, 2.24) is 5.32 Å². The van der Waals surface area contributed by atoms with Gasteiger partial charge in [0.15, 0.2) is 0 Å². The van der Waals surface area contributed by atoms with Crippen LogP contribution in [0.15, 0.2) is 66.7 Å². The summed E-state index contributed by atoms with van der Waals surface area (Å²) in [5.41, 5.74) is 3.36. The van der Waals surface area contributed by atoms with Gasteiger partial charge in [-0.05, 0) is 73.4 Å². The lowest BCUT2D eigenvalue weighted by Crippen LogP contribution is -2.36. The Hall–Kier alpha value is -3.55. The molecule has 0 spiro atoms. The highest BCUT2D eigenvalue weighted by Gasteiger charge is 2.21. The number of methoxy groups -OCH3 is 1. The van der Waals surface area contributed by atoms with Crippen molar-refractivity contribution in [2.45, 2.75) is 45.4 Å². The highest BCUT2D eigenvalue weighted by molar-refractivity contribution is 6.31. The highest BCUT2D eigenvalue weighted by Crippen LogP contribution is 2.29. The van der Waals surface area contributed by atoms with Crippen molar-refractivity contribution in [2.75, 3.05) is 13.7 Å². The molecule has 0 aliphatic rings. The average molecular weight is 526 g/mol. The number of hydrogen-bond donors (Lipinski definition) is 2. The van der Waals surface area contributed by atoms with Crippen LogP contribution in [0.3, 0.4) is 0 Å². The maximum absolute atomic E-state index is 12.3. The predicted octanol–water partition coefficient (Wildman–Crippen LogP) is 5.86. The number of amides is 1. The Bertz CT molecular complexity index is 1240. The van der Waals surface area contributed by atoms with E-state index < -0.39 is 17.7 Å². The predicted molar refractivity (Wildman–Crippen MR) is 143 cm³/mol. The number of nitrogens with one attached hydrogen (secondary N) is 1. The molecule has 7 nitrogen and oxygen atoms in total. The van der Waals surface area contributed by atoms with E-state index in [2.05, 4.69) is 5.32 Å². The van der Waals surface area contributed by atoms with Crippen molar-refractivity contribution >= 4 is 23.7 Å². The van der Waals surface area contributed by atoms with Crippen LogP contribution in [-0.4, -0.2) is 36.5 Å². The normalized spacial score (nSPS) is 11.9. The molecule has 1 unspecified atom stereocenters. The van der Waals surface area contributed by atoms with Gasteiger partial charge in [0.05, 0.1) is 26.2 Å². The van der Waals surface area contributed by atoms with Crippen LogP contribution < -0.4 is 10.1 Å². The molecule has 3 aromatic rings. The van der Waals surface area contributed by atoms with E-state index >= 15 is 0 Å². The van der Waals surface area contributed by atoms with Crippen LogP contribution in [0.5, 0.6) is 5.75 Å². The molecule has 2 N–H and O–H groups in total. The van der Waals surface area contributed by atoms with Crippen LogP contribution in [0.2, 0.25) is 5.02 Å². The second-order valence-corrected chi connectivity index (χ2v) is 9.94. The molecule has 0 bridgehead atoms. The Morgan fingerprint density at radius 3 is 2.46 bits per heavy atom. The minimum Gasteiger partial charge on any atom is -0.489 e. The van der Waals surface area contributed by atoms with Gasteiger partial charge in [0, 0.05) is 10.6 Å². The second kappa shape index (κ2) is 12.6. The van der Waals surface area contributed by atoms with E-state index in [9.17, 15) is 14.7 Å². The van der Waals surface area contributed by atoms with Gasteiger partial charge in [0.25, 0.3) is 0 Å². The zero-order valence-electron chi connectivity index (χ0n) is 21.4. The van der Waals surface area contributed by atoms with Crippen LogP contribution in [0.1, 0.15) is 43.5 Å². The molecule has 8 heteroatoms. The minimum absolute atomic E-state index is 0.126.